The average Bonchev–Trinajstić information content (AvgIpc) is 2.46. The maximum Gasteiger partial charge on any atom is 0.255 e. The van der Waals surface area contributed by atoms with E-state index in [0.29, 0.717) is 12.1 Å². The Hall–Kier alpha value is -1.59. The molecule has 0 aromatic heterocycles. The maximum atomic E-state index is 11.8. The number of hydrogen-bond acceptors (Lipinski definition) is 4. The Bertz CT molecular complexity index is 396. The van der Waals surface area contributed by atoms with E-state index in [1.165, 1.54) is 6.07 Å². The van der Waals surface area contributed by atoms with Crippen LogP contribution < -0.4 is 10.6 Å². The lowest BCUT2D eigenvalue weighted by Crippen LogP contribution is -2.28. The molecule has 0 radical (unpaired) electrons. The van der Waals surface area contributed by atoms with Crippen molar-refractivity contribution in [2.24, 2.45) is 0 Å². The second kappa shape index (κ2) is 10.2. The fourth-order valence-electron chi connectivity index (χ4n) is 1.69. The summed E-state index contributed by atoms with van der Waals surface area (Å²) in [5, 5.41) is 15.6. The van der Waals surface area contributed by atoms with Crippen molar-refractivity contribution in [3.63, 3.8) is 0 Å². The number of phenolic OH excluding ortho intramolecular Hbond substituents is 1. The van der Waals surface area contributed by atoms with Crippen LogP contribution in [0.25, 0.3) is 0 Å². The van der Waals surface area contributed by atoms with Crippen molar-refractivity contribution in [1.29, 1.82) is 0 Å². The van der Waals surface area contributed by atoms with Crippen molar-refractivity contribution < 1.29 is 14.6 Å². The van der Waals surface area contributed by atoms with Gasteiger partial charge < -0.3 is 20.5 Å². The molecular weight excluding hydrogens is 256 g/mol. The Morgan fingerprint density at radius 3 is 2.75 bits per heavy atom. The fraction of sp³-hybridized carbons (Fsp3) is 0.533. The van der Waals surface area contributed by atoms with Gasteiger partial charge in [-0.1, -0.05) is 19.1 Å². The Balaban J connectivity index is 2.04. The topological polar surface area (TPSA) is 70.6 Å². The summed E-state index contributed by atoms with van der Waals surface area (Å²) in [6.07, 6.45) is 1.88. The molecule has 0 aliphatic rings. The SMILES string of the molecule is CCCOCCNCCCNC(=O)c1ccccc1O. The number of ether oxygens (including phenoxy) is 1. The molecule has 0 spiro atoms. The molecule has 1 aromatic rings. The van der Waals surface area contributed by atoms with E-state index in [9.17, 15) is 9.90 Å². The summed E-state index contributed by atoms with van der Waals surface area (Å²) in [5.74, 6) is -0.231. The molecule has 0 fully saturated rings. The highest BCUT2D eigenvalue weighted by atomic mass is 16.5. The van der Waals surface area contributed by atoms with E-state index in [2.05, 4.69) is 17.6 Å². The van der Waals surface area contributed by atoms with E-state index in [4.69, 9.17) is 4.74 Å². The van der Waals surface area contributed by atoms with E-state index in [0.717, 1.165) is 39.1 Å². The van der Waals surface area contributed by atoms with Gasteiger partial charge in [0.15, 0.2) is 0 Å². The molecule has 112 valence electrons. The van der Waals surface area contributed by atoms with Crippen LogP contribution >= 0.6 is 0 Å². The van der Waals surface area contributed by atoms with Gasteiger partial charge in [-0.2, -0.15) is 0 Å². The standard InChI is InChI=1S/C15H24N2O3/c1-2-11-20-12-10-16-8-5-9-17-15(19)13-6-3-4-7-14(13)18/h3-4,6-7,16,18H,2,5,8-12H2,1H3,(H,17,19). The molecule has 0 aliphatic carbocycles. The molecular formula is C15H24N2O3. The molecule has 0 saturated heterocycles. The molecule has 5 heteroatoms. The molecule has 3 N–H and O–H groups in total. The monoisotopic (exact) mass is 280 g/mol. The minimum absolute atomic E-state index is 0.0104. The third-order valence-corrected chi connectivity index (χ3v) is 2.74. The second-order valence-corrected chi connectivity index (χ2v) is 4.49. The van der Waals surface area contributed by atoms with Crippen LogP contribution in [0.3, 0.4) is 0 Å². The molecule has 0 atom stereocenters. The van der Waals surface area contributed by atoms with Crippen molar-refractivity contribution in [3.05, 3.63) is 29.8 Å². The Morgan fingerprint density at radius 2 is 2.00 bits per heavy atom. The zero-order valence-electron chi connectivity index (χ0n) is 12.0. The molecule has 0 aliphatic heterocycles. The van der Waals surface area contributed by atoms with Gasteiger partial charge in [-0.15, -0.1) is 0 Å². The minimum Gasteiger partial charge on any atom is -0.507 e. The Kier molecular flexibility index (Phi) is 8.42. The lowest BCUT2D eigenvalue weighted by atomic mass is 10.2. The summed E-state index contributed by atoms with van der Waals surface area (Å²) in [7, 11) is 0. The van der Waals surface area contributed by atoms with Crippen LogP contribution in [0.2, 0.25) is 0 Å². The summed E-state index contributed by atoms with van der Waals surface area (Å²) < 4.78 is 5.34. The average molecular weight is 280 g/mol. The zero-order valence-corrected chi connectivity index (χ0v) is 12.0. The number of amides is 1. The Morgan fingerprint density at radius 1 is 1.20 bits per heavy atom. The number of hydrogen-bond donors (Lipinski definition) is 3. The van der Waals surface area contributed by atoms with Crippen molar-refractivity contribution >= 4 is 5.91 Å². The predicted molar refractivity (Wildman–Crippen MR) is 79.0 cm³/mol. The maximum absolute atomic E-state index is 11.8. The van der Waals surface area contributed by atoms with Crippen molar-refractivity contribution in [3.8, 4) is 5.75 Å². The van der Waals surface area contributed by atoms with Gasteiger partial charge in [-0.25, -0.2) is 0 Å². The van der Waals surface area contributed by atoms with Crippen LogP contribution in [0.1, 0.15) is 30.1 Å². The number of phenols is 1. The predicted octanol–water partition coefficient (Wildman–Crippen LogP) is 1.53. The summed E-state index contributed by atoms with van der Waals surface area (Å²) in [6, 6.07) is 6.53. The lowest BCUT2D eigenvalue weighted by molar-refractivity contribution is 0.0950. The van der Waals surface area contributed by atoms with E-state index in [1.807, 2.05) is 0 Å². The number of para-hydroxylation sites is 1. The molecule has 0 unspecified atom stereocenters. The van der Waals surface area contributed by atoms with Crippen LogP contribution in [0.15, 0.2) is 24.3 Å². The molecule has 5 nitrogen and oxygen atoms in total. The smallest absolute Gasteiger partial charge is 0.255 e. The van der Waals surface area contributed by atoms with Gasteiger partial charge in [0.25, 0.3) is 5.91 Å². The van der Waals surface area contributed by atoms with E-state index in [-0.39, 0.29) is 11.7 Å². The van der Waals surface area contributed by atoms with E-state index < -0.39 is 0 Å². The van der Waals surface area contributed by atoms with Crippen LogP contribution in [-0.4, -0.2) is 43.9 Å². The summed E-state index contributed by atoms with van der Waals surface area (Å²) in [5.41, 5.74) is 0.313. The van der Waals surface area contributed by atoms with Crippen LogP contribution in [0.4, 0.5) is 0 Å². The summed E-state index contributed by atoms with van der Waals surface area (Å²) in [4.78, 5) is 11.8. The lowest BCUT2D eigenvalue weighted by Gasteiger charge is -2.08. The van der Waals surface area contributed by atoms with Crippen LogP contribution in [-0.2, 0) is 4.74 Å². The first-order valence-electron chi connectivity index (χ1n) is 7.10. The van der Waals surface area contributed by atoms with E-state index in [1.54, 1.807) is 18.2 Å². The normalized spacial score (nSPS) is 10.4. The van der Waals surface area contributed by atoms with Crippen LogP contribution in [0.5, 0.6) is 5.75 Å². The number of benzene rings is 1. The highest BCUT2D eigenvalue weighted by molar-refractivity contribution is 5.96. The summed E-state index contributed by atoms with van der Waals surface area (Å²) >= 11 is 0. The summed E-state index contributed by atoms with van der Waals surface area (Å²) in [6.45, 7) is 5.84. The van der Waals surface area contributed by atoms with Crippen molar-refractivity contribution in [2.75, 3.05) is 32.8 Å². The first-order valence-corrected chi connectivity index (χ1v) is 7.10. The highest BCUT2D eigenvalue weighted by Gasteiger charge is 2.08. The van der Waals surface area contributed by atoms with Gasteiger partial charge >= 0.3 is 0 Å². The largest absolute Gasteiger partial charge is 0.507 e. The first-order chi connectivity index (χ1) is 9.75. The number of carbonyl (C=O) groups is 1. The molecule has 0 saturated carbocycles. The van der Waals surface area contributed by atoms with Crippen molar-refractivity contribution in [2.45, 2.75) is 19.8 Å². The third kappa shape index (κ3) is 6.54. The van der Waals surface area contributed by atoms with Crippen LogP contribution in [0, 0.1) is 0 Å². The fourth-order valence-corrected chi connectivity index (χ4v) is 1.69. The zero-order chi connectivity index (χ0) is 14.6. The van der Waals surface area contributed by atoms with Gasteiger partial charge in [0.1, 0.15) is 5.75 Å². The molecule has 1 aromatic carbocycles. The molecule has 1 amide bonds. The number of aromatic hydroxyl groups is 1. The molecule has 1 rings (SSSR count). The van der Waals surface area contributed by atoms with Gasteiger partial charge in [0.05, 0.1) is 12.2 Å². The molecule has 0 heterocycles. The number of nitrogens with one attached hydrogen (secondary N) is 2. The molecule has 20 heavy (non-hydrogen) atoms. The highest BCUT2D eigenvalue weighted by Crippen LogP contribution is 2.14. The first kappa shape index (κ1) is 16.5. The van der Waals surface area contributed by atoms with Gasteiger partial charge in [-0.3, -0.25) is 4.79 Å². The van der Waals surface area contributed by atoms with Crippen molar-refractivity contribution in [1.82, 2.24) is 10.6 Å². The third-order valence-electron chi connectivity index (χ3n) is 2.74. The number of rotatable bonds is 10. The molecule has 0 bridgehead atoms. The van der Waals surface area contributed by atoms with Gasteiger partial charge in [0, 0.05) is 19.7 Å². The number of carbonyl (C=O) groups excluding carboxylic acids is 1. The minimum atomic E-state index is -0.241. The van der Waals surface area contributed by atoms with E-state index >= 15 is 0 Å². The van der Waals surface area contributed by atoms with Gasteiger partial charge in [0.2, 0.25) is 0 Å². The Labute approximate surface area is 120 Å². The quantitative estimate of drug-likeness (QED) is 0.568. The second-order valence-electron chi connectivity index (χ2n) is 4.49. The van der Waals surface area contributed by atoms with Gasteiger partial charge in [-0.05, 0) is 31.5 Å².